The number of carbonyl (C=O) groups excluding carboxylic acids is 3. The summed E-state index contributed by atoms with van der Waals surface area (Å²) in [7, 11) is 0. The van der Waals surface area contributed by atoms with Crippen LogP contribution in [-0.4, -0.2) is 37.2 Å². The van der Waals surface area contributed by atoms with Gasteiger partial charge in [0.1, 0.15) is 13.2 Å². The van der Waals surface area contributed by atoms with E-state index >= 15 is 0 Å². The molecule has 1 atom stereocenters. The zero-order chi connectivity index (χ0) is 56.4. The van der Waals surface area contributed by atoms with Gasteiger partial charge in [0.25, 0.3) is 0 Å². The average Bonchev–Trinajstić information content (AvgIpc) is 3.44. The second-order valence-electron chi connectivity index (χ2n) is 21.3. The van der Waals surface area contributed by atoms with Crippen molar-refractivity contribution in [2.75, 3.05) is 13.2 Å². The van der Waals surface area contributed by atoms with Gasteiger partial charge in [0.2, 0.25) is 0 Å². The number of allylic oxidation sites excluding steroid dienone is 20. The molecule has 0 aliphatic heterocycles. The number of hydrogen-bond acceptors (Lipinski definition) is 6. The summed E-state index contributed by atoms with van der Waals surface area (Å²) < 4.78 is 16.8. The van der Waals surface area contributed by atoms with Crippen molar-refractivity contribution < 1.29 is 28.6 Å². The van der Waals surface area contributed by atoms with E-state index in [4.69, 9.17) is 14.2 Å². The Kier molecular flexibility index (Phi) is 61.8. The van der Waals surface area contributed by atoms with Crippen LogP contribution in [0.4, 0.5) is 0 Å². The normalized spacial score (nSPS) is 12.9. The van der Waals surface area contributed by atoms with Crippen molar-refractivity contribution in [3.63, 3.8) is 0 Å². The minimum absolute atomic E-state index is 0.0835. The summed E-state index contributed by atoms with van der Waals surface area (Å²) in [6.45, 7) is 6.47. The Morgan fingerprint density at radius 2 is 0.500 bits per heavy atom. The number of hydrogen-bond donors (Lipinski definition) is 0. The molecule has 0 amide bonds. The van der Waals surface area contributed by atoms with Crippen LogP contribution in [0.3, 0.4) is 0 Å². The Bertz CT molecular complexity index is 1620. The van der Waals surface area contributed by atoms with Crippen molar-refractivity contribution in [3.05, 3.63) is 122 Å². The molecule has 1 unspecified atom stereocenters. The minimum atomic E-state index is -0.786. The topological polar surface area (TPSA) is 78.9 Å². The first-order valence-corrected chi connectivity index (χ1v) is 32.5. The molecule has 0 rings (SSSR count). The molecule has 0 saturated carbocycles. The van der Waals surface area contributed by atoms with Crippen LogP contribution in [0.1, 0.15) is 297 Å². The highest BCUT2D eigenvalue weighted by Gasteiger charge is 2.19. The second kappa shape index (κ2) is 65.3. The van der Waals surface area contributed by atoms with Crippen molar-refractivity contribution in [2.24, 2.45) is 0 Å². The largest absolute Gasteiger partial charge is 0.462 e. The average molecular weight is 1080 g/mol. The Labute approximate surface area is 482 Å². The summed E-state index contributed by atoms with van der Waals surface area (Å²) >= 11 is 0. The van der Waals surface area contributed by atoms with Gasteiger partial charge in [-0.2, -0.15) is 0 Å². The molecule has 0 radical (unpaired) electrons. The molecule has 0 aromatic rings. The highest BCUT2D eigenvalue weighted by atomic mass is 16.6. The Balaban J connectivity index is 4.16. The van der Waals surface area contributed by atoms with Crippen molar-refractivity contribution in [2.45, 2.75) is 303 Å². The highest BCUT2D eigenvalue weighted by Crippen LogP contribution is 2.16. The quantitative estimate of drug-likeness (QED) is 0.0261. The van der Waals surface area contributed by atoms with Crippen molar-refractivity contribution in [3.8, 4) is 0 Å². The minimum Gasteiger partial charge on any atom is -0.462 e. The molecule has 6 nitrogen and oxygen atoms in total. The summed E-state index contributed by atoms with van der Waals surface area (Å²) in [5.74, 6) is -0.899. The van der Waals surface area contributed by atoms with Gasteiger partial charge in [0.05, 0.1) is 0 Å². The summed E-state index contributed by atoms with van der Waals surface area (Å²) in [6.07, 6.45) is 90.8. The Morgan fingerprint density at radius 1 is 0.269 bits per heavy atom. The lowest BCUT2D eigenvalue weighted by Crippen LogP contribution is -2.30. The lowest BCUT2D eigenvalue weighted by molar-refractivity contribution is -0.167. The van der Waals surface area contributed by atoms with Crippen LogP contribution in [0.2, 0.25) is 0 Å². The second-order valence-corrected chi connectivity index (χ2v) is 21.3. The van der Waals surface area contributed by atoms with E-state index in [1.54, 1.807) is 0 Å². The van der Waals surface area contributed by atoms with Crippen molar-refractivity contribution in [1.82, 2.24) is 0 Å². The van der Waals surface area contributed by atoms with E-state index < -0.39 is 6.10 Å². The predicted molar refractivity (Wildman–Crippen MR) is 339 cm³/mol. The predicted octanol–water partition coefficient (Wildman–Crippen LogP) is 22.4. The third-order valence-electron chi connectivity index (χ3n) is 13.7. The summed E-state index contributed by atoms with van der Waals surface area (Å²) in [6, 6.07) is 0. The molecule has 0 fully saturated rings. The first-order chi connectivity index (χ1) is 38.5. The van der Waals surface area contributed by atoms with Gasteiger partial charge in [-0.15, -0.1) is 0 Å². The first-order valence-electron chi connectivity index (χ1n) is 32.5. The smallest absolute Gasteiger partial charge is 0.306 e. The maximum Gasteiger partial charge on any atom is 0.306 e. The third kappa shape index (κ3) is 62.7. The van der Waals surface area contributed by atoms with Crippen LogP contribution < -0.4 is 0 Å². The van der Waals surface area contributed by atoms with Gasteiger partial charge in [-0.25, -0.2) is 0 Å². The monoisotopic (exact) mass is 1080 g/mol. The molecule has 444 valence electrons. The van der Waals surface area contributed by atoms with E-state index in [2.05, 4.69) is 142 Å². The van der Waals surface area contributed by atoms with E-state index in [0.717, 1.165) is 128 Å². The van der Waals surface area contributed by atoms with Crippen LogP contribution >= 0.6 is 0 Å². The molecule has 0 aliphatic rings. The molecule has 0 bridgehead atoms. The SMILES string of the molecule is CC/C=C\C/C=C\C/C=C\C/C=C\C/C=C\C/C=C\C/C=C\CCCCCCCCCCCCCC(=O)OCC(COC(=O)CCCCCCCCCC)OC(=O)CCCCCCCC/C=C\C/C=C\C/C=C\CCCCC. The zero-order valence-corrected chi connectivity index (χ0v) is 50.9. The zero-order valence-electron chi connectivity index (χ0n) is 50.9. The third-order valence-corrected chi connectivity index (χ3v) is 13.7. The number of ether oxygens (including phenoxy) is 3. The van der Waals surface area contributed by atoms with Gasteiger partial charge in [0.15, 0.2) is 6.10 Å². The van der Waals surface area contributed by atoms with Gasteiger partial charge in [-0.3, -0.25) is 14.4 Å². The summed E-state index contributed by atoms with van der Waals surface area (Å²) in [5, 5.41) is 0. The van der Waals surface area contributed by atoms with E-state index in [1.165, 1.54) is 128 Å². The first kappa shape index (κ1) is 73.8. The molecule has 0 spiro atoms. The van der Waals surface area contributed by atoms with Crippen LogP contribution in [0.5, 0.6) is 0 Å². The number of esters is 3. The molecule has 6 heteroatoms. The van der Waals surface area contributed by atoms with Crippen LogP contribution in [0.25, 0.3) is 0 Å². The van der Waals surface area contributed by atoms with Gasteiger partial charge in [-0.1, -0.05) is 284 Å². The lowest BCUT2D eigenvalue weighted by Gasteiger charge is -2.18. The fraction of sp³-hybridized carbons (Fsp3) is 0.681. The molecule has 0 aliphatic carbocycles. The van der Waals surface area contributed by atoms with Gasteiger partial charge >= 0.3 is 17.9 Å². The lowest BCUT2D eigenvalue weighted by atomic mass is 10.0. The van der Waals surface area contributed by atoms with Crippen LogP contribution in [-0.2, 0) is 28.6 Å². The number of rotatable bonds is 58. The maximum absolute atomic E-state index is 12.9. The van der Waals surface area contributed by atoms with Crippen molar-refractivity contribution >= 4 is 17.9 Å². The number of carbonyl (C=O) groups is 3. The molecule has 0 N–H and O–H groups in total. The van der Waals surface area contributed by atoms with E-state index in [0.29, 0.717) is 19.3 Å². The molecule has 0 aromatic heterocycles. The molecule has 0 saturated heterocycles. The Hall–Kier alpha value is -4.19. The van der Waals surface area contributed by atoms with E-state index in [-0.39, 0.29) is 31.1 Å². The summed E-state index contributed by atoms with van der Waals surface area (Å²) in [4.78, 5) is 38.1. The fourth-order valence-corrected chi connectivity index (χ4v) is 8.84. The molecule has 0 aromatic carbocycles. The standard InChI is InChI=1S/C72H120O6/c1-4-7-10-13-16-19-21-23-25-27-29-30-31-32-33-34-35-36-37-38-39-40-41-42-44-45-47-49-51-53-56-59-62-65-71(74)77-68-69(67-76-70(73)64-61-58-55-18-15-12-9-6-3)78-72(75)66-63-60-57-54-52-50-48-46-43-28-26-24-22-20-17-14-11-8-5-2/h7,10,16-17,19-20,23-26,29-30,32-33,35-36,38-39,43,46,69H,4-6,8-9,11-15,18,21-22,27-28,31,34,37,40-42,44-45,47-68H2,1-3H3/b10-7-,19-16-,20-17-,25-23-,26-24-,30-29-,33-32-,36-35-,39-38-,46-43-. The Morgan fingerprint density at radius 3 is 0.808 bits per heavy atom. The van der Waals surface area contributed by atoms with E-state index in [1.807, 2.05) is 0 Å². The van der Waals surface area contributed by atoms with Crippen LogP contribution in [0, 0.1) is 0 Å². The fourth-order valence-electron chi connectivity index (χ4n) is 8.84. The van der Waals surface area contributed by atoms with E-state index in [9.17, 15) is 14.4 Å². The highest BCUT2D eigenvalue weighted by molar-refractivity contribution is 5.71. The number of unbranched alkanes of at least 4 members (excludes halogenated alkanes) is 27. The van der Waals surface area contributed by atoms with Crippen LogP contribution in [0.15, 0.2) is 122 Å². The van der Waals surface area contributed by atoms with Crippen molar-refractivity contribution in [1.29, 1.82) is 0 Å². The molecular formula is C72H120O6. The van der Waals surface area contributed by atoms with Gasteiger partial charge < -0.3 is 14.2 Å². The maximum atomic E-state index is 12.9. The van der Waals surface area contributed by atoms with Gasteiger partial charge in [-0.05, 0) is 116 Å². The summed E-state index contributed by atoms with van der Waals surface area (Å²) in [5.41, 5.74) is 0. The molecule has 78 heavy (non-hydrogen) atoms. The molecule has 0 heterocycles. The van der Waals surface area contributed by atoms with Gasteiger partial charge in [0, 0.05) is 19.3 Å². The molecular weight excluding hydrogens is 961 g/mol.